The maximum absolute atomic E-state index is 12.4. The Morgan fingerprint density at radius 3 is 2.24 bits per heavy atom. The van der Waals surface area contributed by atoms with Gasteiger partial charge in [0.05, 0.1) is 6.61 Å². The fourth-order valence-corrected chi connectivity index (χ4v) is 1.67. The second-order valence-electron chi connectivity index (χ2n) is 4.32. The van der Waals surface area contributed by atoms with Crippen LogP contribution in [0.15, 0.2) is 24.3 Å². The smallest absolute Gasteiger partial charge is 0.395 e. The molecule has 2 amide bonds. The lowest BCUT2D eigenvalue weighted by Gasteiger charge is -2.23. The third kappa shape index (κ3) is 5.82. The number of aliphatic hydroxyl groups is 1. The minimum absolute atomic E-state index is 0.0433. The number of hydrogen-bond acceptors (Lipinski definition) is 3. The molecule has 0 heterocycles. The van der Waals surface area contributed by atoms with E-state index in [4.69, 9.17) is 5.11 Å². The molecule has 0 atom stereocenters. The summed E-state index contributed by atoms with van der Waals surface area (Å²) in [5, 5.41) is 11.2. The number of benzene rings is 1. The number of amides is 2. The van der Waals surface area contributed by atoms with E-state index in [1.807, 2.05) is 0 Å². The molecule has 0 aliphatic rings. The first-order valence-corrected chi connectivity index (χ1v) is 6.07. The van der Waals surface area contributed by atoms with E-state index in [2.05, 4.69) is 5.32 Å². The number of nitrogens with one attached hydrogen (secondary N) is 1. The lowest BCUT2D eigenvalue weighted by atomic mass is 10.1. The predicted molar refractivity (Wildman–Crippen MR) is 69.8 cm³/mol. The number of hydrogen-bond donors (Lipinski definition) is 2. The second kappa shape index (κ2) is 7.07. The Morgan fingerprint density at radius 2 is 1.81 bits per heavy atom. The van der Waals surface area contributed by atoms with Gasteiger partial charge in [0.1, 0.15) is 6.54 Å². The topological polar surface area (TPSA) is 69.6 Å². The molecule has 116 valence electrons. The van der Waals surface area contributed by atoms with E-state index in [9.17, 15) is 22.8 Å². The minimum atomic E-state index is -4.54. The van der Waals surface area contributed by atoms with Crippen molar-refractivity contribution in [3.8, 4) is 0 Å². The van der Waals surface area contributed by atoms with Crippen LogP contribution < -0.4 is 5.32 Å². The van der Waals surface area contributed by atoms with E-state index in [-0.39, 0.29) is 11.5 Å². The maximum Gasteiger partial charge on any atom is 0.406 e. The lowest BCUT2D eigenvalue weighted by Crippen LogP contribution is -2.40. The zero-order chi connectivity index (χ0) is 16.0. The molecule has 0 aliphatic carbocycles. The third-order valence-corrected chi connectivity index (χ3v) is 2.48. The molecule has 0 saturated carbocycles. The van der Waals surface area contributed by atoms with E-state index < -0.39 is 31.8 Å². The van der Waals surface area contributed by atoms with Gasteiger partial charge < -0.3 is 15.3 Å². The Bertz CT molecular complexity index is 500. The zero-order valence-corrected chi connectivity index (χ0v) is 11.3. The van der Waals surface area contributed by atoms with Gasteiger partial charge in [-0.3, -0.25) is 9.59 Å². The number of halogens is 3. The van der Waals surface area contributed by atoms with Gasteiger partial charge in [-0.15, -0.1) is 0 Å². The zero-order valence-electron chi connectivity index (χ0n) is 11.3. The Balaban J connectivity index is 2.85. The van der Waals surface area contributed by atoms with Gasteiger partial charge >= 0.3 is 6.18 Å². The summed E-state index contributed by atoms with van der Waals surface area (Å²) < 4.78 is 37.2. The van der Waals surface area contributed by atoms with Crippen molar-refractivity contribution in [2.45, 2.75) is 13.1 Å². The van der Waals surface area contributed by atoms with Crippen molar-refractivity contribution in [1.82, 2.24) is 4.90 Å². The van der Waals surface area contributed by atoms with E-state index in [0.29, 0.717) is 10.6 Å². The monoisotopic (exact) mass is 304 g/mol. The first-order chi connectivity index (χ1) is 9.73. The molecule has 1 rings (SSSR count). The molecule has 0 saturated heterocycles. The Kier molecular flexibility index (Phi) is 5.71. The average Bonchev–Trinajstić information content (AvgIpc) is 2.36. The number of carbonyl (C=O) groups excluding carboxylic acids is 2. The summed E-state index contributed by atoms with van der Waals surface area (Å²) in [6, 6.07) is 5.46. The number of nitrogens with zero attached hydrogens (tertiary/aromatic N) is 1. The molecule has 8 heteroatoms. The standard InChI is InChI=1S/C13H15F3N2O3/c1-9(20)17-11-4-2-10(3-5-11)12(21)18(6-7-19)8-13(14,15)16/h2-5,19H,6-8H2,1H3,(H,17,20). The van der Waals surface area contributed by atoms with Crippen LogP contribution in [0.3, 0.4) is 0 Å². The van der Waals surface area contributed by atoms with Crippen molar-refractivity contribution in [2.24, 2.45) is 0 Å². The fraction of sp³-hybridized carbons (Fsp3) is 0.385. The van der Waals surface area contributed by atoms with Crippen LogP contribution in [0.2, 0.25) is 0 Å². The second-order valence-corrected chi connectivity index (χ2v) is 4.32. The normalized spacial score (nSPS) is 11.1. The molecular weight excluding hydrogens is 289 g/mol. The van der Waals surface area contributed by atoms with Gasteiger partial charge in [0.25, 0.3) is 5.91 Å². The number of aliphatic hydroxyl groups excluding tert-OH is 1. The van der Waals surface area contributed by atoms with Gasteiger partial charge in [-0.25, -0.2) is 0 Å². The number of anilines is 1. The number of alkyl halides is 3. The Hall–Kier alpha value is -2.09. The van der Waals surface area contributed by atoms with Crippen LogP contribution in [0, 0.1) is 0 Å². The van der Waals surface area contributed by atoms with Crippen molar-refractivity contribution in [1.29, 1.82) is 0 Å². The van der Waals surface area contributed by atoms with E-state index in [0.717, 1.165) is 0 Å². The molecule has 0 spiro atoms. The molecule has 0 unspecified atom stereocenters. The highest BCUT2D eigenvalue weighted by atomic mass is 19.4. The summed E-state index contributed by atoms with van der Waals surface area (Å²) in [6.07, 6.45) is -4.54. The summed E-state index contributed by atoms with van der Waals surface area (Å²) in [7, 11) is 0. The summed E-state index contributed by atoms with van der Waals surface area (Å²) in [6.45, 7) is -1.09. The van der Waals surface area contributed by atoms with Crippen molar-refractivity contribution in [3.63, 3.8) is 0 Å². The number of carbonyl (C=O) groups is 2. The molecule has 5 nitrogen and oxygen atoms in total. The van der Waals surface area contributed by atoms with Gasteiger partial charge in [-0.2, -0.15) is 13.2 Å². The third-order valence-electron chi connectivity index (χ3n) is 2.48. The lowest BCUT2D eigenvalue weighted by molar-refractivity contribution is -0.141. The van der Waals surface area contributed by atoms with Gasteiger partial charge in [0.15, 0.2) is 0 Å². The van der Waals surface area contributed by atoms with Crippen LogP contribution in [0.5, 0.6) is 0 Å². The van der Waals surface area contributed by atoms with E-state index >= 15 is 0 Å². The first kappa shape index (κ1) is 17.0. The van der Waals surface area contributed by atoms with Gasteiger partial charge in [-0.05, 0) is 24.3 Å². The van der Waals surface area contributed by atoms with Crippen LogP contribution in [0.4, 0.5) is 18.9 Å². The molecule has 0 aromatic heterocycles. The van der Waals surface area contributed by atoms with Gasteiger partial charge in [0.2, 0.25) is 5.91 Å². The molecule has 1 aromatic rings. The molecule has 0 aliphatic heterocycles. The molecular formula is C13H15F3N2O3. The van der Waals surface area contributed by atoms with Gasteiger partial charge in [-0.1, -0.05) is 0 Å². The SMILES string of the molecule is CC(=O)Nc1ccc(C(=O)N(CCO)CC(F)(F)F)cc1. The largest absolute Gasteiger partial charge is 0.406 e. The Morgan fingerprint density at radius 1 is 1.24 bits per heavy atom. The molecule has 0 bridgehead atoms. The van der Waals surface area contributed by atoms with Crippen LogP contribution >= 0.6 is 0 Å². The maximum atomic E-state index is 12.4. The predicted octanol–water partition coefficient (Wildman–Crippen LogP) is 1.64. The quantitative estimate of drug-likeness (QED) is 0.869. The van der Waals surface area contributed by atoms with Crippen molar-refractivity contribution in [2.75, 3.05) is 25.0 Å². The molecule has 0 radical (unpaired) electrons. The van der Waals surface area contributed by atoms with Crippen LogP contribution in [0.1, 0.15) is 17.3 Å². The summed E-state index contributed by atoms with van der Waals surface area (Å²) in [4.78, 5) is 23.3. The first-order valence-electron chi connectivity index (χ1n) is 6.07. The van der Waals surface area contributed by atoms with E-state index in [1.54, 1.807) is 0 Å². The molecule has 21 heavy (non-hydrogen) atoms. The fourth-order valence-electron chi connectivity index (χ4n) is 1.67. The van der Waals surface area contributed by atoms with Crippen LogP contribution in [0.25, 0.3) is 0 Å². The molecule has 2 N–H and O–H groups in total. The molecule has 0 fully saturated rings. The highest BCUT2D eigenvalue weighted by molar-refractivity contribution is 5.95. The molecule has 1 aromatic carbocycles. The van der Waals surface area contributed by atoms with Crippen LogP contribution in [-0.4, -0.2) is 47.7 Å². The number of rotatable bonds is 5. The summed E-state index contributed by atoms with van der Waals surface area (Å²) >= 11 is 0. The van der Waals surface area contributed by atoms with Crippen molar-refractivity contribution in [3.05, 3.63) is 29.8 Å². The van der Waals surface area contributed by atoms with Crippen molar-refractivity contribution < 1.29 is 27.9 Å². The van der Waals surface area contributed by atoms with E-state index in [1.165, 1.54) is 31.2 Å². The minimum Gasteiger partial charge on any atom is -0.395 e. The highest BCUT2D eigenvalue weighted by Gasteiger charge is 2.33. The van der Waals surface area contributed by atoms with Gasteiger partial charge in [0, 0.05) is 24.7 Å². The van der Waals surface area contributed by atoms with Crippen molar-refractivity contribution >= 4 is 17.5 Å². The average molecular weight is 304 g/mol. The summed E-state index contributed by atoms with van der Waals surface area (Å²) in [5.74, 6) is -1.14. The van der Waals surface area contributed by atoms with Crippen LogP contribution in [-0.2, 0) is 4.79 Å². The highest BCUT2D eigenvalue weighted by Crippen LogP contribution is 2.18. The summed E-state index contributed by atoms with van der Waals surface area (Å²) in [5.41, 5.74) is 0.477. The Labute approximate surface area is 119 Å².